The average molecular weight is 332 g/mol. The highest BCUT2D eigenvalue weighted by Gasteiger charge is 2.30. The minimum absolute atomic E-state index is 0.166. The van der Waals surface area contributed by atoms with Crippen LogP contribution in [0.2, 0.25) is 0 Å². The van der Waals surface area contributed by atoms with Crippen molar-refractivity contribution in [2.24, 2.45) is 13.0 Å². The Hall–Kier alpha value is -2.28. The largest absolute Gasteiger partial charge is 0.481 e. The van der Waals surface area contributed by atoms with Crippen LogP contribution < -0.4 is 11.2 Å². The lowest BCUT2D eigenvalue weighted by molar-refractivity contribution is -0.140. The maximum atomic E-state index is 12.7. The predicted molar refractivity (Wildman–Crippen MR) is 87.0 cm³/mol. The normalized spacial score (nSPS) is 16.8. The summed E-state index contributed by atoms with van der Waals surface area (Å²) in [4.78, 5) is 36.4. The molecule has 1 N–H and O–H groups in total. The first-order valence-electron chi connectivity index (χ1n) is 7.21. The van der Waals surface area contributed by atoms with Gasteiger partial charge in [0.05, 0.1) is 17.5 Å². The quantitative estimate of drug-likeness (QED) is 0.846. The molecule has 1 atom stereocenters. The molecule has 2 aromatic rings. The van der Waals surface area contributed by atoms with E-state index in [1.165, 1.54) is 20.9 Å². The fourth-order valence-corrected chi connectivity index (χ4v) is 3.96. The topological polar surface area (TPSA) is 81.3 Å². The number of aliphatic carboxylic acids is 1. The number of nitrogens with zero attached hydrogens (tertiary/aromatic N) is 2. The Labute approximate surface area is 136 Å². The third kappa shape index (κ3) is 2.84. The van der Waals surface area contributed by atoms with Crippen molar-refractivity contribution in [2.75, 3.05) is 5.75 Å². The zero-order valence-electron chi connectivity index (χ0n) is 12.6. The molecule has 1 unspecified atom stereocenters. The Morgan fingerprint density at radius 3 is 2.65 bits per heavy atom. The summed E-state index contributed by atoms with van der Waals surface area (Å²) in [5, 5.41) is 9.78. The molecular formula is C16H16N2O4S. The van der Waals surface area contributed by atoms with Gasteiger partial charge in [-0.15, -0.1) is 11.8 Å². The number of carboxylic acids is 1. The number of hydrogen-bond donors (Lipinski definition) is 1. The summed E-state index contributed by atoms with van der Waals surface area (Å²) in [7, 11) is 1.62. The second-order valence-corrected chi connectivity index (χ2v) is 6.56. The lowest BCUT2D eigenvalue weighted by Gasteiger charge is -2.23. The third-order valence-corrected chi connectivity index (χ3v) is 5.35. The Morgan fingerprint density at radius 1 is 1.30 bits per heavy atom. The standard InChI is InChI=1S/C16H16N2O4S/c1-17-14-12(7-11(9-23-14)15(20)21)13(19)18(16(17)22)8-10-5-3-2-4-6-10/h2-6,11H,7-9H2,1H3,(H,20,21). The summed E-state index contributed by atoms with van der Waals surface area (Å²) >= 11 is 1.26. The maximum absolute atomic E-state index is 12.7. The van der Waals surface area contributed by atoms with Crippen molar-refractivity contribution in [3.8, 4) is 0 Å². The van der Waals surface area contributed by atoms with Crippen LogP contribution in [0.3, 0.4) is 0 Å². The van der Waals surface area contributed by atoms with E-state index < -0.39 is 11.9 Å². The van der Waals surface area contributed by atoms with Gasteiger partial charge in [-0.1, -0.05) is 30.3 Å². The monoisotopic (exact) mass is 332 g/mol. The van der Waals surface area contributed by atoms with Crippen molar-refractivity contribution in [3.05, 3.63) is 62.3 Å². The van der Waals surface area contributed by atoms with Gasteiger partial charge in [0.1, 0.15) is 0 Å². The molecular weight excluding hydrogens is 316 g/mol. The predicted octanol–water partition coefficient (Wildman–Crippen LogP) is 0.944. The van der Waals surface area contributed by atoms with E-state index in [9.17, 15) is 19.5 Å². The summed E-state index contributed by atoms with van der Waals surface area (Å²) in [6.45, 7) is 0.183. The van der Waals surface area contributed by atoms with E-state index in [1.807, 2.05) is 30.3 Å². The van der Waals surface area contributed by atoms with E-state index in [1.54, 1.807) is 7.05 Å². The van der Waals surface area contributed by atoms with Gasteiger partial charge in [0, 0.05) is 18.4 Å². The molecule has 120 valence electrons. The van der Waals surface area contributed by atoms with Crippen LogP contribution in [0, 0.1) is 5.92 Å². The lowest BCUT2D eigenvalue weighted by Crippen LogP contribution is -2.44. The fourth-order valence-electron chi connectivity index (χ4n) is 2.72. The number of thioether (sulfide) groups is 1. The molecule has 2 heterocycles. The first-order valence-corrected chi connectivity index (χ1v) is 8.20. The number of benzene rings is 1. The Kier molecular flexibility index (Phi) is 4.12. The molecule has 0 fully saturated rings. The van der Waals surface area contributed by atoms with Crippen LogP contribution in [0.1, 0.15) is 11.1 Å². The van der Waals surface area contributed by atoms with Gasteiger partial charge in [0.25, 0.3) is 5.56 Å². The smallest absolute Gasteiger partial charge is 0.331 e. The van der Waals surface area contributed by atoms with Crippen LogP contribution in [-0.2, 0) is 24.8 Å². The van der Waals surface area contributed by atoms with Crippen molar-refractivity contribution in [1.29, 1.82) is 0 Å². The molecule has 1 aromatic carbocycles. The van der Waals surface area contributed by atoms with Crippen molar-refractivity contribution in [2.45, 2.75) is 18.0 Å². The highest BCUT2D eigenvalue weighted by molar-refractivity contribution is 7.99. The van der Waals surface area contributed by atoms with Gasteiger partial charge in [-0.3, -0.25) is 18.7 Å². The molecule has 1 aliphatic heterocycles. The zero-order valence-corrected chi connectivity index (χ0v) is 13.4. The molecule has 0 saturated heterocycles. The fraction of sp³-hybridized carbons (Fsp3) is 0.312. The van der Waals surface area contributed by atoms with Gasteiger partial charge in [-0.05, 0) is 12.0 Å². The van der Waals surface area contributed by atoms with Gasteiger partial charge in [0.2, 0.25) is 0 Å². The van der Waals surface area contributed by atoms with Crippen molar-refractivity contribution in [1.82, 2.24) is 9.13 Å². The Bertz CT molecular complexity index is 870. The molecule has 0 spiro atoms. The molecule has 0 amide bonds. The Balaban J connectivity index is 2.10. The summed E-state index contributed by atoms with van der Waals surface area (Å²) in [6.07, 6.45) is 0.166. The second kappa shape index (κ2) is 6.08. The number of hydrogen-bond acceptors (Lipinski definition) is 4. The van der Waals surface area contributed by atoms with Gasteiger partial charge in [0.15, 0.2) is 0 Å². The first-order chi connectivity index (χ1) is 11.0. The molecule has 7 heteroatoms. The van der Waals surface area contributed by atoms with Crippen molar-refractivity contribution < 1.29 is 9.90 Å². The van der Waals surface area contributed by atoms with Crippen LogP contribution in [0.15, 0.2) is 44.9 Å². The highest BCUT2D eigenvalue weighted by atomic mass is 32.2. The molecule has 0 saturated carbocycles. The summed E-state index contributed by atoms with van der Waals surface area (Å²) < 4.78 is 2.63. The van der Waals surface area contributed by atoms with E-state index in [2.05, 4.69) is 0 Å². The molecule has 1 aromatic heterocycles. The SMILES string of the molecule is Cn1c2c(c(=O)n(Cc3ccccc3)c1=O)CC(C(=O)O)CS2. The lowest BCUT2D eigenvalue weighted by atomic mass is 10.0. The van der Waals surface area contributed by atoms with E-state index in [0.717, 1.165) is 5.56 Å². The average Bonchev–Trinajstić information content (AvgIpc) is 2.57. The molecule has 1 aliphatic rings. The van der Waals surface area contributed by atoms with Crippen molar-refractivity contribution in [3.63, 3.8) is 0 Å². The molecule has 6 nitrogen and oxygen atoms in total. The van der Waals surface area contributed by atoms with Gasteiger partial charge < -0.3 is 5.11 Å². The number of carbonyl (C=O) groups is 1. The van der Waals surface area contributed by atoms with Gasteiger partial charge in [-0.2, -0.15) is 0 Å². The summed E-state index contributed by atoms with van der Waals surface area (Å²) in [5.74, 6) is -1.13. The molecule has 0 radical (unpaired) electrons. The van der Waals surface area contributed by atoms with Gasteiger partial charge >= 0.3 is 11.7 Å². The van der Waals surface area contributed by atoms with Crippen LogP contribution >= 0.6 is 11.8 Å². The van der Waals surface area contributed by atoms with Gasteiger partial charge in [-0.25, -0.2) is 4.79 Å². The third-order valence-electron chi connectivity index (χ3n) is 3.99. The van der Waals surface area contributed by atoms with E-state index in [0.29, 0.717) is 16.3 Å². The van der Waals surface area contributed by atoms with Crippen LogP contribution in [0.25, 0.3) is 0 Å². The molecule has 0 bridgehead atoms. The van der Waals surface area contributed by atoms with Crippen molar-refractivity contribution >= 4 is 17.7 Å². The molecule has 23 heavy (non-hydrogen) atoms. The second-order valence-electron chi connectivity index (χ2n) is 5.55. The molecule has 3 rings (SSSR count). The van der Waals surface area contributed by atoms with E-state index in [4.69, 9.17) is 0 Å². The zero-order chi connectivity index (χ0) is 16.6. The summed E-state index contributed by atoms with van der Waals surface area (Å²) in [5.41, 5.74) is 0.515. The molecule has 0 aliphatic carbocycles. The number of fused-ring (bicyclic) bond motifs is 1. The minimum atomic E-state index is -0.911. The number of aromatic nitrogens is 2. The van der Waals surface area contributed by atoms with Crippen LogP contribution in [0.5, 0.6) is 0 Å². The number of rotatable bonds is 3. The van der Waals surface area contributed by atoms with E-state index >= 15 is 0 Å². The maximum Gasteiger partial charge on any atom is 0.331 e. The Morgan fingerprint density at radius 2 is 2.00 bits per heavy atom. The van der Waals surface area contributed by atoms with Crippen LogP contribution in [-0.4, -0.2) is 26.0 Å². The van der Waals surface area contributed by atoms with E-state index in [-0.39, 0.29) is 24.2 Å². The highest BCUT2D eigenvalue weighted by Crippen LogP contribution is 2.29. The first kappa shape index (κ1) is 15.6. The summed E-state index contributed by atoms with van der Waals surface area (Å²) in [6, 6.07) is 9.25. The van der Waals surface area contributed by atoms with Crippen LogP contribution in [0.4, 0.5) is 0 Å². The minimum Gasteiger partial charge on any atom is -0.481 e. The number of carboxylic acid groups (broad SMARTS) is 1.